The average Bonchev–Trinajstić information content (AvgIpc) is 3.02. The van der Waals surface area contributed by atoms with Crippen molar-refractivity contribution in [2.24, 2.45) is 0 Å². The molecule has 23 heavy (non-hydrogen) atoms. The molecular weight excluding hydrogens is 286 g/mol. The first kappa shape index (κ1) is 17.5. The van der Waals surface area contributed by atoms with E-state index < -0.39 is 0 Å². The van der Waals surface area contributed by atoms with Gasteiger partial charge in [0.25, 0.3) is 0 Å². The zero-order valence-corrected chi connectivity index (χ0v) is 15.1. The second-order valence-electron chi connectivity index (χ2n) is 6.13. The zero-order chi connectivity index (χ0) is 16.8. The Bertz CT molecular complexity index is 634. The van der Waals surface area contributed by atoms with Crippen LogP contribution in [0.15, 0.2) is 18.3 Å². The van der Waals surface area contributed by atoms with Crippen LogP contribution in [0.1, 0.15) is 61.9 Å². The molecule has 0 amide bonds. The van der Waals surface area contributed by atoms with Crippen molar-refractivity contribution in [3.05, 3.63) is 40.7 Å². The first-order valence-electron chi connectivity index (χ1n) is 8.72. The first-order chi connectivity index (χ1) is 11.1. The predicted octanol–water partition coefficient (Wildman–Crippen LogP) is 4.44. The Hall–Kier alpha value is -1.84. The summed E-state index contributed by atoms with van der Waals surface area (Å²) in [5, 5.41) is 8.45. The van der Waals surface area contributed by atoms with E-state index in [4.69, 9.17) is 4.74 Å². The molecule has 2 aromatic rings. The Morgan fingerprint density at radius 1 is 1.13 bits per heavy atom. The van der Waals surface area contributed by atoms with E-state index in [1.807, 2.05) is 4.68 Å². The number of rotatable bonds is 8. The van der Waals surface area contributed by atoms with Crippen LogP contribution in [0.4, 0.5) is 0 Å². The van der Waals surface area contributed by atoms with Gasteiger partial charge in [-0.05, 0) is 68.7 Å². The van der Waals surface area contributed by atoms with E-state index >= 15 is 0 Å². The monoisotopic (exact) mass is 315 g/mol. The van der Waals surface area contributed by atoms with Gasteiger partial charge in [-0.3, -0.25) is 4.68 Å². The quantitative estimate of drug-likeness (QED) is 0.723. The number of nitrogens with zero attached hydrogens (tertiary/aromatic N) is 3. The van der Waals surface area contributed by atoms with Crippen molar-refractivity contribution in [3.63, 3.8) is 0 Å². The lowest BCUT2D eigenvalue weighted by molar-refractivity contribution is 0.315. The van der Waals surface area contributed by atoms with E-state index in [0.29, 0.717) is 5.92 Å². The summed E-state index contributed by atoms with van der Waals surface area (Å²) in [7, 11) is 0. The summed E-state index contributed by atoms with van der Waals surface area (Å²) in [6.45, 7) is 12.5. The van der Waals surface area contributed by atoms with Gasteiger partial charge in [-0.1, -0.05) is 25.1 Å². The normalized spacial score (nSPS) is 12.4. The molecule has 4 heteroatoms. The molecule has 2 rings (SSSR count). The lowest BCUT2D eigenvalue weighted by atomic mass is 9.87. The number of benzene rings is 1. The summed E-state index contributed by atoms with van der Waals surface area (Å²) >= 11 is 0. The molecule has 0 aliphatic rings. The Labute approximate surface area is 139 Å². The van der Waals surface area contributed by atoms with Crippen LogP contribution >= 0.6 is 0 Å². The summed E-state index contributed by atoms with van der Waals surface area (Å²) in [6.07, 6.45) is 5.12. The van der Waals surface area contributed by atoms with E-state index in [1.54, 1.807) is 0 Å². The van der Waals surface area contributed by atoms with E-state index in [0.717, 1.165) is 43.9 Å². The lowest BCUT2D eigenvalue weighted by Crippen LogP contribution is -2.07. The maximum Gasteiger partial charge on any atom is 0.122 e. The molecule has 0 saturated heterocycles. The fraction of sp³-hybridized carbons (Fsp3) is 0.579. The van der Waals surface area contributed by atoms with Crippen molar-refractivity contribution in [1.29, 1.82) is 0 Å². The molecule has 0 aliphatic heterocycles. The van der Waals surface area contributed by atoms with E-state index in [-0.39, 0.29) is 0 Å². The van der Waals surface area contributed by atoms with Gasteiger partial charge in [0, 0.05) is 12.7 Å². The van der Waals surface area contributed by atoms with Gasteiger partial charge in [-0.25, -0.2) is 0 Å². The largest absolute Gasteiger partial charge is 0.493 e. The highest BCUT2D eigenvalue weighted by Gasteiger charge is 2.17. The van der Waals surface area contributed by atoms with Gasteiger partial charge < -0.3 is 4.74 Å². The fourth-order valence-corrected chi connectivity index (χ4v) is 2.94. The van der Waals surface area contributed by atoms with Crippen LogP contribution in [0.3, 0.4) is 0 Å². The minimum atomic E-state index is 0.468. The lowest BCUT2D eigenvalue weighted by Gasteiger charge is -2.20. The third kappa shape index (κ3) is 4.12. The van der Waals surface area contributed by atoms with Gasteiger partial charge in [0.2, 0.25) is 0 Å². The van der Waals surface area contributed by atoms with Crippen LogP contribution in [0, 0.1) is 13.8 Å². The number of aryl methyl sites for hydroxylation is 1. The van der Waals surface area contributed by atoms with Gasteiger partial charge in [-0.2, -0.15) is 0 Å². The van der Waals surface area contributed by atoms with Crippen LogP contribution in [-0.2, 0) is 13.0 Å². The fourth-order valence-electron chi connectivity index (χ4n) is 2.94. The molecule has 0 fully saturated rings. The van der Waals surface area contributed by atoms with Crippen molar-refractivity contribution in [3.8, 4) is 5.75 Å². The standard InChI is InChI=1S/C19H29N3O/c1-6-11-23-19-10-9-18(14(4)15(19)5)16(7-2)12-17-13-22(8-3)21-20-17/h9-10,13,16H,6-8,11-12H2,1-5H3. The molecule has 1 heterocycles. The van der Waals surface area contributed by atoms with Crippen LogP contribution in [0.2, 0.25) is 0 Å². The van der Waals surface area contributed by atoms with Gasteiger partial charge in [-0.15, -0.1) is 5.10 Å². The minimum absolute atomic E-state index is 0.468. The van der Waals surface area contributed by atoms with Gasteiger partial charge >= 0.3 is 0 Å². The topological polar surface area (TPSA) is 39.9 Å². The van der Waals surface area contributed by atoms with Crippen molar-refractivity contribution < 1.29 is 4.74 Å². The van der Waals surface area contributed by atoms with Crippen LogP contribution in [0.25, 0.3) is 0 Å². The van der Waals surface area contributed by atoms with E-state index in [2.05, 4.69) is 63.3 Å². The summed E-state index contributed by atoms with van der Waals surface area (Å²) < 4.78 is 7.74. The SMILES string of the molecule is CCCOc1ccc(C(CC)Cc2cn(CC)nn2)c(C)c1C. The molecule has 126 valence electrons. The van der Waals surface area contributed by atoms with Crippen molar-refractivity contribution >= 4 is 0 Å². The third-order valence-corrected chi connectivity index (χ3v) is 4.54. The highest BCUT2D eigenvalue weighted by molar-refractivity contribution is 5.45. The third-order valence-electron chi connectivity index (χ3n) is 4.54. The molecule has 4 nitrogen and oxygen atoms in total. The molecule has 0 aliphatic carbocycles. The highest BCUT2D eigenvalue weighted by atomic mass is 16.5. The van der Waals surface area contributed by atoms with E-state index in [1.165, 1.54) is 16.7 Å². The second kappa shape index (κ2) is 8.14. The van der Waals surface area contributed by atoms with Gasteiger partial charge in [0.1, 0.15) is 5.75 Å². The predicted molar refractivity (Wildman–Crippen MR) is 94.1 cm³/mol. The molecule has 0 radical (unpaired) electrons. The first-order valence-corrected chi connectivity index (χ1v) is 8.72. The Morgan fingerprint density at radius 3 is 2.52 bits per heavy atom. The number of hydrogen-bond acceptors (Lipinski definition) is 3. The van der Waals surface area contributed by atoms with Gasteiger partial charge in [0.15, 0.2) is 0 Å². The maximum atomic E-state index is 5.85. The molecule has 1 atom stereocenters. The molecule has 1 unspecified atom stereocenters. The average molecular weight is 315 g/mol. The van der Waals surface area contributed by atoms with Crippen molar-refractivity contribution in [2.75, 3.05) is 6.61 Å². The molecule has 0 spiro atoms. The van der Waals surface area contributed by atoms with Crippen LogP contribution in [0.5, 0.6) is 5.75 Å². The molecular formula is C19H29N3O. The molecule has 0 bridgehead atoms. The summed E-state index contributed by atoms with van der Waals surface area (Å²) in [5.74, 6) is 1.48. The van der Waals surface area contributed by atoms with Crippen LogP contribution < -0.4 is 4.74 Å². The molecule has 0 saturated carbocycles. The van der Waals surface area contributed by atoms with Crippen LogP contribution in [-0.4, -0.2) is 21.6 Å². The number of hydrogen-bond donors (Lipinski definition) is 0. The Morgan fingerprint density at radius 2 is 1.91 bits per heavy atom. The maximum absolute atomic E-state index is 5.85. The molecule has 1 aromatic carbocycles. The highest BCUT2D eigenvalue weighted by Crippen LogP contribution is 2.32. The van der Waals surface area contributed by atoms with Crippen molar-refractivity contribution in [2.45, 2.75) is 66.3 Å². The van der Waals surface area contributed by atoms with E-state index in [9.17, 15) is 0 Å². The zero-order valence-electron chi connectivity index (χ0n) is 15.1. The molecule has 0 N–H and O–H groups in total. The van der Waals surface area contributed by atoms with Crippen molar-refractivity contribution in [1.82, 2.24) is 15.0 Å². The number of ether oxygens (including phenoxy) is 1. The molecule has 1 aromatic heterocycles. The summed E-state index contributed by atoms with van der Waals surface area (Å²) in [5.41, 5.74) is 5.07. The smallest absolute Gasteiger partial charge is 0.122 e. The Balaban J connectivity index is 2.21. The minimum Gasteiger partial charge on any atom is -0.493 e. The van der Waals surface area contributed by atoms with Gasteiger partial charge in [0.05, 0.1) is 12.3 Å². The second-order valence-corrected chi connectivity index (χ2v) is 6.13. The Kier molecular flexibility index (Phi) is 6.20. The summed E-state index contributed by atoms with van der Waals surface area (Å²) in [4.78, 5) is 0. The number of aromatic nitrogens is 3. The summed E-state index contributed by atoms with van der Waals surface area (Å²) in [6, 6.07) is 4.35.